The highest BCUT2D eigenvalue weighted by Crippen LogP contribution is 2.42. The Morgan fingerprint density at radius 1 is 0.230 bits per heavy atom. The van der Waals surface area contributed by atoms with Gasteiger partial charge in [-0.3, -0.25) is 0 Å². The van der Waals surface area contributed by atoms with Crippen LogP contribution in [0.1, 0.15) is 218 Å². The lowest BCUT2D eigenvalue weighted by Gasteiger charge is -2.40. The number of anilines is 9. The summed E-state index contributed by atoms with van der Waals surface area (Å²) in [6, 6.07) is 50.7. The topological polar surface area (TPSA) is 16.2 Å². The molecule has 5 heteroatoms. The molecule has 74 heavy (non-hydrogen) atoms. The quantitative estimate of drug-likeness (QED) is 0.0401. The first-order valence-electron chi connectivity index (χ1n) is 30.6. The van der Waals surface area contributed by atoms with Gasteiger partial charge in [-0.25, -0.2) is 0 Å². The van der Waals surface area contributed by atoms with Gasteiger partial charge < -0.3 is 24.5 Å². The summed E-state index contributed by atoms with van der Waals surface area (Å²) in [5, 5.41) is 0. The average molecular weight is 1000 g/mol. The smallest absolute Gasteiger partial charge is 0.0463 e. The minimum absolute atomic E-state index is 0.533. The summed E-state index contributed by atoms with van der Waals surface area (Å²) < 4.78 is 0. The number of hydrogen-bond donors (Lipinski definition) is 0. The van der Waals surface area contributed by atoms with Crippen molar-refractivity contribution in [3.63, 3.8) is 0 Å². The fourth-order valence-electron chi connectivity index (χ4n) is 12.5. The molecule has 0 aliphatic carbocycles. The summed E-state index contributed by atoms with van der Waals surface area (Å²) in [6.45, 7) is 30.6. The summed E-state index contributed by atoms with van der Waals surface area (Å²) >= 11 is 0. The molecule has 0 saturated carbocycles. The fourth-order valence-corrected chi connectivity index (χ4v) is 12.5. The molecule has 0 aliphatic rings. The Bertz CT molecular complexity index is 2120. The van der Waals surface area contributed by atoms with Gasteiger partial charge in [0.1, 0.15) is 0 Å². The van der Waals surface area contributed by atoms with Gasteiger partial charge in [0.25, 0.3) is 0 Å². The van der Waals surface area contributed by atoms with Crippen LogP contribution in [-0.4, -0.2) is 36.3 Å². The van der Waals surface area contributed by atoms with Crippen molar-refractivity contribution < 1.29 is 0 Å². The Morgan fingerprint density at radius 2 is 0.405 bits per heavy atom. The lowest BCUT2D eigenvalue weighted by molar-refractivity contribution is 0.436. The molecule has 5 nitrogen and oxygen atoms in total. The van der Waals surface area contributed by atoms with Gasteiger partial charge in [-0.2, -0.15) is 0 Å². The zero-order valence-corrected chi connectivity index (χ0v) is 49.4. The van der Waals surface area contributed by atoms with E-state index in [0.29, 0.717) is 36.3 Å². The van der Waals surface area contributed by atoms with Crippen molar-refractivity contribution in [2.45, 2.75) is 255 Å². The molecule has 0 aromatic heterocycles. The van der Waals surface area contributed by atoms with Gasteiger partial charge in [-0.15, -0.1) is 0 Å². The fraction of sp³-hybridized carbons (Fsp3) is 0.565. The molecular formula is C69H105N5. The highest BCUT2D eigenvalue weighted by Gasteiger charge is 2.28. The van der Waals surface area contributed by atoms with E-state index < -0.39 is 0 Å². The van der Waals surface area contributed by atoms with Crippen molar-refractivity contribution in [3.8, 4) is 0 Å². The molecule has 5 aromatic carbocycles. The molecule has 0 aliphatic heterocycles. The van der Waals surface area contributed by atoms with Gasteiger partial charge in [0.15, 0.2) is 0 Å². The van der Waals surface area contributed by atoms with E-state index in [2.05, 4.69) is 236 Å². The molecule has 6 atom stereocenters. The van der Waals surface area contributed by atoms with Crippen LogP contribution in [0.5, 0.6) is 0 Å². The van der Waals surface area contributed by atoms with Crippen molar-refractivity contribution in [2.75, 3.05) is 24.5 Å². The van der Waals surface area contributed by atoms with Crippen LogP contribution in [0.25, 0.3) is 0 Å². The highest BCUT2D eigenvalue weighted by atomic mass is 15.2. The molecule has 0 saturated heterocycles. The number of benzene rings is 5. The Balaban J connectivity index is 1.66. The third kappa shape index (κ3) is 15.4. The molecule has 0 spiro atoms. The Kier molecular flexibility index (Phi) is 25.8. The summed E-state index contributed by atoms with van der Waals surface area (Å²) in [5.41, 5.74) is 12.4. The molecule has 5 aromatic rings. The van der Waals surface area contributed by atoms with E-state index >= 15 is 0 Å². The number of aryl methyl sites for hydroxylation is 1. The van der Waals surface area contributed by atoms with Crippen molar-refractivity contribution in [1.82, 2.24) is 0 Å². The van der Waals surface area contributed by atoms with Gasteiger partial charge in [0, 0.05) is 87.4 Å². The second kappa shape index (κ2) is 31.9. The van der Waals surface area contributed by atoms with Crippen LogP contribution < -0.4 is 24.5 Å². The van der Waals surface area contributed by atoms with Crippen molar-refractivity contribution in [3.05, 3.63) is 127 Å². The van der Waals surface area contributed by atoms with Crippen LogP contribution in [0.15, 0.2) is 121 Å². The van der Waals surface area contributed by atoms with Crippen molar-refractivity contribution in [2.24, 2.45) is 0 Å². The summed E-state index contributed by atoms with van der Waals surface area (Å²) in [4.78, 5) is 13.3. The molecule has 0 fully saturated rings. The molecule has 406 valence electrons. The second-order valence-electron chi connectivity index (χ2n) is 21.5. The largest absolute Gasteiger partial charge is 0.366 e. The first kappa shape index (κ1) is 60.0. The maximum Gasteiger partial charge on any atom is 0.0463 e. The lowest BCUT2D eigenvalue weighted by Crippen LogP contribution is -2.43. The monoisotopic (exact) mass is 1000 g/mol. The van der Waals surface area contributed by atoms with Crippen LogP contribution in [0.4, 0.5) is 51.2 Å². The predicted molar refractivity (Wildman–Crippen MR) is 331 cm³/mol. The zero-order chi connectivity index (χ0) is 53.4. The first-order chi connectivity index (χ1) is 36.2. The van der Waals surface area contributed by atoms with Crippen LogP contribution in [0, 0.1) is 0 Å². The minimum Gasteiger partial charge on any atom is -0.366 e. The Labute approximate surface area is 455 Å². The van der Waals surface area contributed by atoms with E-state index in [1.165, 1.54) is 122 Å². The van der Waals surface area contributed by atoms with E-state index in [4.69, 9.17) is 0 Å². The van der Waals surface area contributed by atoms with Gasteiger partial charge in [0.05, 0.1) is 0 Å². The molecule has 6 unspecified atom stereocenters. The highest BCUT2D eigenvalue weighted by molar-refractivity contribution is 5.82. The third-order valence-electron chi connectivity index (χ3n) is 16.2. The van der Waals surface area contributed by atoms with Crippen molar-refractivity contribution >= 4 is 51.2 Å². The lowest BCUT2D eigenvalue weighted by atomic mass is 9.99. The van der Waals surface area contributed by atoms with Gasteiger partial charge in [0.2, 0.25) is 0 Å². The molecular weight excluding hydrogens is 899 g/mol. The second-order valence-corrected chi connectivity index (χ2v) is 21.5. The van der Waals surface area contributed by atoms with E-state index in [1.807, 2.05) is 0 Å². The van der Waals surface area contributed by atoms with E-state index in [0.717, 1.165) is 62.7 Å². The molecule has 0 N–H and O–H groups in total. The maximum absolute atomic E-state index is 2.79. The number of rotatable bonds is 35. The molecule has 5 rings (SSSR count). The van der Waals surface area contributed by atoms with Crippen LogP contribution >= 0.6 is 0 Å². The van der Waals surface area contributed by atoms with E-state index in [1.54, 1.807) is 0 Å². The van der Waals surface area contributed by atoms with Crippen molar-refractivity contribution in [1.29, 1.82) is 0 Å². The molecule has 0 heterocycles. The zero-order valence-electron chi connectivity index (χ0n) is 49.4. The predicted octanol–water partition coefficient (Wildman–Crippen LogP) is 21.5. The summed E-state index contributed by atoms with van der Waals surface area (Å²) in [5.74, 6) is 0. The molecule has 0 bridgehead atoms. The standard InChI is InChI=1S/C69H105N5/c1-14-27-54-34-36-61(37-35-54)73(65-44-38-62(39-45-65)70(55(21-8)28-15-2)56(22-9)29-16-3)66-50-52-69(53-51-66)74(67-46-40-63(41-47-67)71(57(23-10)30-17-4)58(24-11)31-18-5)68-48-42-64(43-49-68)72(59(25-12)32-19-6)60(26-13)33-20-7/h34-53,55-60H,14-33H2,1-13H3. The number of nitrogens with zero attached hydrogens (tertiary/aromatic N) is 5. The Morgan fingerprint density at radius 3 is 0.568 bits per heavy atom. The van der Waals surface area contributed by atoms with E-state index in [-0.39, 0.29) is 0 Å². The summed E-state index contributed by atoms with van der Waals surface area (Å²) in [6.07, 6.45) is 23.7. The maximum atomic E-state index is 2.79. The third-order valence-corrected chi connectivity index (χ3v) is 16.2. The first-order valence-corrected chi connectivity index (χ1v) is 30.6. The van der Waals surface area contributed by atoms with E-state index in [9.17, 15) is 0 Å². The molecule has 0 radical (unpaired) electrons. The van der Waals surface area contributed by atoms with Gasteiger partial charge in [-0.05, 0) is 198 Å². The van der Waals surface area contributed by atoms with Gasteiger partial charge in [-0.1, -0.05) is 147 Å². The van der Waals surface area contributed by atoms with Crippen LogP contribution in [-0.2, 0) is 6.42 Å². The summed E-state index contributed by atoms with van der Waals surface area (Å²) in [7, 11) is 0. The molecule has 0 amide bonds. The number of hydrogen-bond acceptors (Lipinski definition) is 5. The Hall–Kier alpha value is -4.90. The minimum atomic E-state index is 0.533. The van der Waals surface area contributed by atoms with Crippen LogP contribution in [0.3, 0.4) is 0 Å². The average Bonchev–Trinajstić information content (AvgIpc) is 3.43. The van der Waals surface area contributed by atoms with Gasteiger partial charge >= 0.3 is 0 Å². The van der Waals surface area contributed by atoms with Crippen LogP contribution in [0.2, 0.25) is 0 Å². The normalized spacial score (nSPS) is 14.0. The SMILES string of the molecule is CCCc1ccc(N(c2ccc(N(c3ccc(N(C(CC)CCC)C(CC)CCC)cc3)c3ccc(N(C(CC)CCC)C(CC)CCC)cc3)cc2)c2ccc(N(C(CC)CCC)C(CC)CCC)cc2)cc1.